The monoisotopic (exact) mass is 274 g/mol. The lowest BCUT2D eigenvalue weighted by Crippen LogP contribution is -2.34. The number of nitrogens with zero attached hydrogens (tertiary/aromatic N) is 3. The number of hydrogen-bond donors (Lipinski definition) is 1. The van der Waals surface area contributed by atoms with Crippen molar-refractivity contribution in [3.63, 3.8) is 0 Å². The van der Waals surface area contributed by atoms with E-state index in [1.807, 2.05) is 23.6 Å². The molecule has 2 aliphatic rings. The third-order valence-corrected chi connectivity index (χ3v) is 4.44. The highest BCUT2D eigenvalue weighted by atomic mass is 32.1. The fourth-order valence-corrected chi connectivity index (χ4v) is 3.43. The molecule has 1 saturated heterocycles. The molecule has 3 rings (SSSR count). The van der Waals surface area contributed by atoms with Crippen LogP contribution < -0.4 is 5.73 Å². The number of hydrogen-bond acceptors (Lipinski definition) is 5. The van der Waals surface area contributed by atoms with Crippen molar-refractivity contribution in [1.82, 2.24) is 9.80 Å². The summed E-state index contributed by atoms with van der Waals surface area (Å²) in [6, 6.07) is 4.54. The Kier molecular flexibility index (Phi) is 2.37. The van der Waals surface area contributed by atoms with Gasteiger partial charge in [0.25, 0.3) is 5.91 Å². The van der Waals surface area contributed by atoms with E-state index >= 15 is 0 Å². The molecule has 96 valence electrons. The lowest BCUT2D eigenvalue weighted by atomic mass is 9.93. The number of amides is 3. The fourth-order valence-electron chi connectivity index (χ4n) is 2.57. The van der Waals surface area contributed by atoms with E-state index in [0.29, 0.717) is 5.57 Å². The Hall–Kier alpha value is -2.33. The number of imide groups is 1. The molecule has 0 radical (unpaired) electrons. The van der Waals surface area contributed by atoms with Gasteiger partial charge in [-0.05, 0) is 11.4 Å². The van der Waals surface area contributed by atoms with Crippen molar-refractivity contribution in [2.24, 2.45) is 5.73 Å². The van der Waals surface area contributed by atoms with Gasteiger partial charge < -0.3 is 5.73 Å². The molecule has 1 fully saturated rings. The van der Waals surface area contributed by atoms with Crippen LogP contribution in [0.25, 0.3) is 0 Å². The number of nitrogens with two attached hydrogens (primary N) is 1. The normalized spacial score (nSPS) is 26.1. The van der Waals surface area contributed by atoms with Crippen molar-refractivity contribution < 1.29 is 9.59 Å². The molecule has 0 aliphatic carbocycles. The van der Waals surface area contributed by atoms with E-state index in [1.165, 1.54) is 23.3 Å². The van der Waals surface area contributed by atoms with Gasteiger partial charge >= 0.3 is 6.03 Å². The van der Waals surface area contributed by atoms with Gasteiger partial charge in [-0.3, -0.25) is 14.6 Å². The predicted molar refractivity (Wildman–Crippen MR) is 67.7 cm³/mol. The molecule has 3 heterocycles. The number of carbonyl (C=O) groups excluding carboxylic acids is 2. The number of nitriles is 1. The van der Waals surface area contributed by atoms with E-state index in [0.717, 1.165) is 9.78 Å². The Morgan fingerprint density at radius 3 is 2.79 bits per heavy atom. The SMILES string of the molecule is CN1C(=O)[C@@H]2[C@@H](c3cccs3)C(C#N)=C(N)N2C1=O. The molecular weight excluding hydrogens is 264 g/mol. The summed E-state index contributed by atoms with van der Waals surface area (Å²) in [5.74, 6) is -0.684. The van der Waals surface area contributed by atoms with E-state index < -0.39 is 18.0 Å². The smallest absolute Gasteiger partial charge is 0.332 e. The van der Waals surface area contributed by atoms with Gasteiger partial charge in [-0.1, -0.05) is 6.07 Å². The Morgan fingerprint density at radius 1 is 1.47 bits per heavy atom. The number of rotatable bonds is 1. The van der Waals surface area contributed by atoms with Crippen molar-refractivity contribution in [2.75, 3.05) is 7.05 Å². The lowest BCUT2D eigenvalue weighted by Gasteiger charge is -2.17. The van der Waals surface area contributed by atoms with Crippen LogP contribution in [-0.2, 0) is 4.79 Å². The molecule has 3 amide bonds. The molecular formula is C12H10N4O2S. The molecule has 2 atom stereocenters. The summed E-state index contributed by atoms with van der Waals surface area (Å²) in [6.45, 7) is 0. The summed E-state index contributed by atoms with van der Waals surface area (Å²) in [6.07, 6.45) is 0. The van der Waals surface area contributed by atoms with E-state index in [1.54, 1.807) is 0 Å². The standard InChI is InChI=1S/C12H10N4O2S/c1-15-11(17)9-8(7-3-2-4-19-7)6(5-13)10(14)16(9)12(15)18/h2-4,8-9H,14H2,1H3/t8-,9+/m1/s1. The molecule has 0 saturated carbocycles. The predicted octanol–water partition coefficient (Wildman–Crippen LogP) is 0.802. The third kappa shape index (κ3) is 1.34. The van der Waals surface area contributed by atoms with Crippen LogP contribution >= 0.6 is 11.3 Å². The summed E-state index contributed by atoms with van der Waals surface area (Å²) in [5, 5.41) is 11.1. The molecule has 6 nitrogen and oxygen atoms in total. The van der Waals surface area contributed by atoms with Crippen LogP contribution in [0.5, 0.6) is 0 Å². The third-order valence-electron chi connectivity index (χ3n) is 3.49. The molecule has 1 aromatic heterocycles. The van der Waals surface area contributed by atoms with Crippen LogP contribution in [0.3, 0.4) is 0 Å². The molecule has 19 heavy (non-hydrogen) atoms. The number of urea groups is 1. The van der Waals surface area contributed by atoms with E-state index in [4.69, 9.17) is 5.73 Å². The number of fused-ring (bicyclic) bond motifs is 1. The second-order valence-electron chi connectivity index (χ2n) is 4.40. The zero-order chi connectivity index (χ0) is 13.7. The van der Waals surface area contributed by atoms with Gasteiger partial charge in [0, 0.05) is 11.9 Å². The van der Waals surface area contributed by atoms with Crippen LogP contribution in [0.2, 0.25) is 0 Å². The topological polar surface area (TPSA) is 90.4 Å². The summed E-state index contributed by atoms with van der Waals surface area (Å²) in [7, 11) is 1.42. The first kappa shape index (κ1) is 11.7. The molecule has 0 bridgehead atoms. The number of thiophene rings is 1. The Balaban J connectivity index is 2.17. The van der Waals surface area contributed by atoms with E-state index in [2.05, 4.69) is 0 Å². The zero-order valence-electron chi connectivity index (χ0n) is 10.0. The first-order chi connectivity index (χ1) is 9.07. The summed E-state index contributed by atoms with van der Waals surface area (Å²) in [4.78, 5) is 27.3. The maximum atomic E-state index is 12.2. The first-order valence-corrected chi connectivity index (χ1v) is 6.49. The van der Waals surface area contributed by atoms with Crippen LogP contribution in [0.1, 0.15) is 10.8 Å². The second kappa shape index (κ2) is 3.83. The van der Waals surface area contributed by atoms with Gasteiger partial charge in [-0.2, -0.15) is 5.26 Å². The Labute approximate surface area is 113 Å². The Morgan fingerprint density at radius 2 is 2.21 bits per heavy atom. The van der Waals surface area contributed by atoms with Crippen molar-refractivity contribution in [3.8, 4) is 6.07 Å². The molecule has 7 heteroatoms. The lowest BCUT2D eigenvalue weighted by molar-refractivity contribution is -0.127. The quantitative estimate of drug-likeness (QED) is 0.767. The van der Waals surface area contributed by atoms with Gasteiger partial charge in [-0.15, -0.1) is 11.3 Å². The van der Waals surface area contributed by atoms with Gasteiger partial charge in [0.15, 0.2) is 0 Å². The van der Waals surface area contributed by atoms with Gasteiger partial charge in [0.05, 0.1) is 17.6 Å². The minimum atomic E-state index is -0.717. The molecule has 0 spiro atoms. The van der Waals surface area contributed by atoms with E-state index in [-0.39, 0.29) is 11.7 Å². The van der Waals surface area contributed by atoms with Crippen molar-refractivity contribution in [1.29, 1.82) is 5.26 Å². The second-order valence-corrected chi connectivity index (χ2v) is 5.38. The maximum absolute atomic E-state index is 12.2. The largest absolute Gasteiger partial charge is 0.384 e. The fraction of sp³-hybridized carbons (Fsp3) is 0.250. The van der Waals surface area contributed by atoms with Gasteiger partial charge in [-0.25, -0.2) is 4.79 Å². The van der Waals surface area contributed by atoms with Crippen LogP contribution in [0.15, 0.2) is 28.9 Å². The average Bonchev–Trinajstić information content (AvgIpc) is 3.05. The van der Waals surface area contributed by atoms with Gasteiger partial charge in [0.1, 0.15) is 11.9 Å². The van der Waals surface area contributed by atoms with Crippen molar-refractivity contribution >= 4 is 23.3 Å². The summed E-state index contributed by atoms with van der Waals surface area (Å²) < 4.78 is 0. The minimum Gasteiger partial charge on any atom is -0.384 e. The first-order valence-electron chi connectivity index (χ1n) is 5.61. The number of likely N-dealkylation sites (N-methyl/N-ethyl adjacent to an activating group) is 1. The highest BCUT2D eigenvalue weighted by Crippen LogP contribution is 2.44. The van der Waals surface area contributed by atoms with Crippen LogP contribution in [-0.4, -0.2) is 34.8 Å². The summed E-state index contributed by atoms with van der Waals surface area (Å²) in [5.41, 5.74) is 6.17. The maximum Gasteiger partial charge on any atom is 0.332 e. The van der Waals surface area contributed by atoms with Crippen LogP contribution in [0, 0.1) is 11.3 Å². The minimum absolute atomic E-state index is 0.0913. The molecule has 2 N–H and O–H groups in total. The van der Waals surface area contributed by atoms with Crippen molar-refractivity contribution in [2.45, 2.75) is 12.0 Å². The van der Waals surface area contributed by atoms with Gasteiger partial charge in [0.2, 0.25) is 0 Å². The molecule has 1 aromatic rings. The zero-order valence-corrected chi connectivity index (χ0v) is 10.8. The molecule has 0 unspecified atom stereocenters. The molecule has 0 aromatic carbocycles. The van der Waals surface area contributed by atoms with E-state index in [9.17, 15) is 14.9 Å². The average molecular weight is 274 g/mol. The van der Waals surface area contributed by atoms with Crippen LogP contribution in [0.4, 0.5) is 4.79 Å². The van der Waals surface area contributed by atoms with Crippen molar-refractivity contribution in [3.05, 3.63) is 33.8 Å². The number of carbonyl (C=O) groups is 2. The Bertz CT molecular complexity index is 643. The highest BCUT2D eigenvalue weighted by molar-refractivity contribution is 7.10. The molecule has 2 aliphatic heterocycles. The summed E-state index contributed by atoms with van der Waals surface area (Å²) >= 11 is 1.45. The highest BCUT2D eigenvalue weighted by Gasteiger charge is 2.55.